The van der Waals surface area contributed by atoms with E-state index in [1.54, 1.807) is 0 Å². The van der Waals surface area contributed by atoms with E-state index < -0.39 is 35.5 Å². The van der Waals surface area contributed by atoms with E-state index in [1.165, 1.54) is 37.4 Å². The first-order valence-corrected chi connectivity index (χ1v) is 6.72. The molecule has 0 heterocycles. The molecule has 1 amide bonds. The summed E-state index contributed by atoms with van der Waals surface area (Å²) in [5, 5.41) is 2.42. The second kappa shape index (κ2) is 6.78. The number of ether oxygens (including phenoxy) is 1. The molecule has 0 spiro atoms. The SMILES string of the molecule is COc1ccccc1NC(NC(=O)C(C)C)(C(F)(F)F)C(F)(F)F. The van der Waals surface area contributed by atoms with Crippen molar-refractivity contribution in [3.8, 4) is 5.75 Å². The average Bonchev–Trinajstić information content (AvgIpc) is 2.44. The van der Waals surface area contributed by atoms with Crippen LogP contribution in [0.3, 0.4) is 0 Å². The summed E-state index contributed by atoms with van der Waals surface area (Å²) in [5.74, 6) is -2.74. The van der Waals surface area contributed by atoms with Gasteiger partial charge >= 0.3 is 18.0 Å². The molecule has 0 radical (unpaired) electrons. The summed E-state index contributed by atoms with van der Waals surface area (Å²) in [5.41, 5.74) is -5.23. The highest BCUT2D eigenvalue weighted by atomic mass is 19.4. The molecule has 10 heteroatoms. The van der Waals surface area contributed by atoms with Gasteiger partial charge in [0.25, 0.3) is 0 Å². The molecule has 0 bridgehead atoms. The van der Waals surface area contributed by atoms with Gasteiger partial charge in [-0.1, -0.05) is 26.0 Å². The van der Waals surface area contributed by atoms with Crippen LogP contribution in [0.4, 0.5) is 32.0 Å². The fourth-order valence-electron chi connectivity index (χ4n) is 1.75. The lowest BCUT2D eigenvalue weighted by Gasteiger charge is -2.39. The Morgan fingerprint density at radius 2 is 1.54 bits per heavy atom. The van der Waals surface area contributed by atoms with Crippen molar-refractivity contribution in [2.24, 2.45) is 5.92 Å². The maximum absolute atomic E-state index is 13.4. The number of carbonyl (C=O) groups is 1. The van der Waals surface area contributed by atoms with Crippen LogP contribution >= 0.6 is 0 Å². The Labute approximate surface area is 134 Å². The summed E-state index contributed by atoms with van der Waals surface area (Å²) in [6, 6.07) is 4.77. The van der Waals surface area contributed by atoms with Crippen molar-refractivity contribution in [2.75, 3.05) is 12.4 Å². The number of amides is 1. The predicted octanol–water partition coefficient (Wildman–Crippen LogP) is 3.70. The Bertz CT molecular complexity index is 569. The minimum absolute atomic E-state index is 0.242. The lowest BCUT2D eigenvalue weighted by molar-refractivity contribution is -0.296. The average molecular weight is 358 g/mol. The molecule has 0 saturated heterocycles. The van der Waals surface area contributed by atoms with Gasteiger partial charge in [-0.2, -0.15) is 26.3 Å². The van der Waals surface area contributed by atoms with Gasteiger partial charge in [-0.25, -0.2) is 0 Å². The largest absolute Gasteiger partial charge is 0.495 e. The molecule has 1 aromatic rings. The molecule has 0 aliphatic heterocycles. The lowest BCUT2D eigenvalue weighted by atomic mass is 10.1. The minimum Gasteiger partial charge on any atom is -0.495 e. The van der Waals surface area contributed by atoms with Crippen molar-refractivity contribution in [3.05, 3.63) is 24.3 Å². The number of alkyl halides is 6. The molecule has 0 fully saturated rings. The molecule has 136 valence electrons. The summed E-state index contributed by atoms with van der Waals surface area (Å²) < 4.78 is 85.0. The number of halogens is 6. The highest BCUT2D eigenvalue weighted by Gasteiger charge is 2.72. The zero-order valence-corrected chi connectivity index (χ0v) is 13.0. The van der Waals surface area contributed by atoms with E-state index in [0.717, 1.165) is 18.5 Å². The van der Waals surface area contributed by atoms with Crippen LogP contribution in [-0.2, 0) is 4.79 Å². The maximum Gasteiger partial charge on any atom is 0.439 e. The van der Waals surface area contributed by atoms with Gasteiger partial charge in [0.1, 0.15) is 5.75 Å². The van der Waals surface area contributed by atoms with Crippen LogP contribution in [0.25, 0.3) is 0 Å². The third-order valence-corrected chi connectivity index (χ3v) is 3.11. The zero-order chi connectivity index (χ0) is 18.8. The van der Waals surface area contributed by atoms with Gasteiger partial charge in [-0.15, -0.1) is 0 Å². The number of benzene rings is 1. The molecule has 0 atom stereocenters. The van der Waals surface area contributed by atoms with Crippen molar-refractivity contribution >= 4 is 11.6 Å². The first-order valence-electron chi connectivity index (χ1n) is 6.72. The molecule has 0 aliphatic carbocycles. The second-order valence-electron chi connectivity index (χ2n) is 5.21. The fourth-order valence-corrected chi connectivity index (χ4v) is 1.75. The highest BCUT2D eigenvalue weighted by molar-refractivity contribution is 5.79. The normalized spacial score (nSPS) is 12.9. The van der Waals surface area contributed by atoms with E-state index in [2.05, 4.69) is 0 Å². The van der Waals surface area contributed by atoms with Gasteiger partial charge in [-0.05, 0) is 12.1 Å². The number of nitrogens with one attached hydrogen (secondary N) is 2. The van der Waals surface area contributed by atoms with E-state index >= 15 is 0 Å². The Morgan fingerprint density at radius 1 is 1.04 bits per heavy atom. The highest BCUT2D eigenvalue weighted by Crippen LogP contribution is 2.44. The number of methoxy groups -OCH3 is 1. The van der Waals surface area contributed by atoms with Crippen LogP contribution in [-0.4, -0.2) is 31.0 Å². The molecule has 0 saturated carbocycles. The van der Waals surface area contributed by atoms with Gasteiger partial charge in [0.15, 0.2) is 0 Å². The Morgan fingerprint density at radius 3 is 1.96 bits per heavy atom. The van der Waals surface area contributed by atoms with Crippen LogP contribution in [0.1, 0.15) is 13.8 Å². The van der Waals surface area contributed by atoms with Crippen molar-refractivity contribution in [1.29, 1.82) is 0 Å². The van der Waals surface area contributed by atoms with E-state index in [4.69, 9.17) is 4.74 Å². The first-order chi connectivity index (χ1) is 10.9. The summed E-state index contributed by atoms with van der Waals surface area (Å²) in [6.07, 6.45) is -11.7. The fraction of sp³-hybridized carbons (Fsp3) is 0.500. The molecule has 0 aliphatic rings. The maximum atomic E-state index is 13.4. The minimum atomic E-state index is -5.86. The molecular formula is C14H16F6N2O2. The summed E-state index contributed by atoms with van der Waals surface area (Å²) >= 11 is 0. The monoisotopic (exact) mass is 358 g/mol. The number of hydrogen-bond donors (Lipinski definition) is 2. The van der Waals surface area contributed by atoms with Crippen LogP contribution in [0.15, 0.2) is 24.3 Å². The van der Waals surface area contributed by atoms with Crippen molar-refractivity contribution in [1.82, 2.24) is 5.32 Å². The molecule has 2 N–H and O–H groups in total. The predicted molar refractivity (Wildman–Crippen MR) is 74.4 cm³/mol. The van der Waals surface area contributed by atoms with Crippen LogP contribution in [0.5, 0.6) is 5.75 Å². The number of anilines is 1. The number of hydrogen-bond acceptors (Lipinski definition) is 3. The number of carbonyl (C=O) groups excluding carboxylic acids is 1. The topological polar surface area (TPSA) is 50.4 Å². The zero-order valence-electron chi connectivity index (χ0n) is 13.0. The van der Waals surface area contributed by atoms with Gasteiger partial charge in [0.05, 0.1) is 12.8 Å². The molecule has 1 rings (SSSR count). The molecular weight excluding hydrogens is 342 g/mol. The standard InChI is InChI=1S/C14H16F6N2O2/c1-8(2)11(23)22-12(13(15,16)17,14(18,19)20)21-9-6-4-5-7-10(9)24-3/h4-8,21H,1-3H3,(H,22,23). The quantitative estimate of drug-likeness (QED) is 0.623. The van der Waals surface area contributed by atoms with Gasteiger partial charge < -0.3 is 15.4 Å². The summed E-state index contributed by atoms with van der Waals surface area (Å²) in [6.45, 7) is 2.35. The molecule has 0 aromatic heterocycles. The number of rotatable bonds is 5. The molecule has 0 unspecified atom stereocenters. The summed E-state index contributed by atoms with van der Waals surface area (Å²) in [7, 11) is 1.09. The Kier molecular flexibility index (Phi) is 5.62. The van der Waals surface area contributed by atoms with Gasteiger partial charge in [-0.3, -0.25) is 4.79 Å². The van der Waals surface area contributed by atoms with E-state index in [-0.39, 0.29) is 5.75 Å². The van der Waals surface area contributed by atoms with Gasteiger partial charge in [0, 0.05) is 5.92 Å². The third-order valence-electron chi connectivity index (χ3n) is 3.11. The Hall–Kier alpha value is -2.13. The van der Waals surface area contributed by atoms with Crippen molar-refractivity contribution < 1.29 is 35.9 Å². The van der Waals surface area contributed by atoms with Crippen molar-refractivity contribution in [3.63, 3.8) is 0 Å². The third kappa shape index (κ3) is 3.85. The number of para-hydroxylation sites is 2. The first kappa shape index (κ1) is 19.9. The van der Waals surface area contributed by atoms with E-state index in [1.807, 2.05) is 0 Å². The van der Waals surface area contributed by atoms with Crippen LogP contribution in [0.2, 0.25) is 0 Å². The lowest BCUT2D eigenvalue weighted by Crippen LogP contribution is -2.72. The van der Waals surface area contributed by atoms with Crippen molar-refractivity contribution in [2.45, 2.75) is 31.9 Å². The molecule has 24 heavy (non-hydrogen) atoms. The second-order valence-corrected chi connectivity index (χ2v) is 5.21. The molecule has 1 aromatic carbocycles. The van der Waals surface area contributed by atoms with E-state index in [9.17, 15) is 31.1 Å². The van der Waals surface area contributed by atoms with E-state index in [0.29, 0.717) is 0 Å². The smallest absolute Gasteiger partial charge is 0.439 e. The summed E-state index contributed by atoms with van der Waals surface area (Å²) in [4.78, 5) is 11.6. The van der Waals surface area contributed by atoms with Crippen LogP contribution < -0.4 is 15.4 Å². The Balaban J connectivity index is 3.49. The van der Waals surface area contributed by atoms with Crippen LogP contribution in [0, 0.1) is 5.92 Å². The molecule has 4 nitrogen and oxygen atoms in total. The van der Waals surface area contributed by atoms with Gasteiger partial charge in [0.2, 0.25) is 5.91 Å².